The summed E-state index contributed by atoms with van der Waals surface area (Å²) in [5, 5.41) is 11.3. The molecule has 0 aliphatic heterocycles. The number of carbonyl (C=O) groups is 3. The zero-order valence-corrected chi connectivity index (χ0v) is 11.3. The van der Waals surface area contributed by atoms with Crippen molar-refractivity contribution >= 4 is 24.8 Å². The van der Waals surface area contributed by atoms with E-state index in [0.29, 0.717) is 12.7 Å². The summed E-state index contributed by atoms with van der Waals surface area (Å²) in [6.45, 7) is 4.53. The van der Waals surface area contributed by atoms with Crippen LogP contribution in [-0.2, 0) is 14.4 Å². The van der Waals surface area contributed by atoms with E-state index in [0.717, 1.165) is 0 Å². The van der Waals surface area contributed by atoms with Crippen LogP contribution in [0.2, 0.25) is 12.6 Å². The van der Waals surface area contributed by atoms with Gasteiger partial charge in [0.1, 0.15) is 6.29 Å². The fourth-order valence-electron chi connectivity index (χ4n) is 1.45. The first-order chi connectivity index (χ1) is 8.97. The zero-order chi connectivity index (χ0) is 14.8. The van der Waals surface area contributed by atoms with Gasteiger partial charge in [0.05, 0.1) is 13.1 Å². The molecular formula is C12H18BN3O3. The van der Waals surface area contributed by atoms with Crippen LogP contribution in [0.15, 0.2) is 12.7 Å². The van der Waals surface area contributed by atoms with Gasteiger partial charge < -0.3 is 15.0 Å². The average Bonchev–Trinajstić information content (AvgIpc) is 2.41. The monoisotopic (exact) mass is 263 g/mol. The normalized spacial score (nSPS) is 10.8. The molecule has 102 valence electrons. The van der Waals surface area contributed by atoms with Gasteiger partial charge in [0.15, 0.2) is 0 Å². The lowest BCUT2D eigenvalue weighted by Gasteiger charge is -2.17. The van der Waals surface area contributed by atoms with Crippen molar-refractivity contribution in [3.63, 3.8) is 0 Å². The molecular weight excluding hydrogens is 245 g/mol. The summed E-state index contributed by atoms with van der Waals surface area (Å²) >= 11 is 0. The maximum atomic E-state index is 11.9. The third-order valence-electron chi connectivity index (χ3n) is 2.75. The fraction of sp³-hybridized carbons (Fsp3) is 0.500. The number of likely N-dealkylation sites (N-methyl/N-ethyl adjacent to an activating group) is 1. The molecule has 0 rings (SSSR count). The minimum absolute atomic E-state index is 0.0145. The highest BCUT2D eigenvalue weighted by Gasteiger charge is 2.27. The lowest BCUT2D eigenvalue weighted by molar-refractivity contribution is -0.133. The van der Waals surface area contributed by atoms with E-state index in [1.165, 1.54) is 11.9 Å². The molecule has 1 N–H and O–H groups in total. The highest BCUT2D eigenvalue weighted by atomic mass is 16.2. The molecule has 0 heterocycles. The van der Waals surface area contributed by atoms with Gasteiger partial charge in [-0.3, -0.25) is 9.59 Å². The molecule has 0 saturated heterocycles. The van der Waals surface area contributed by atoms with Crippen molar-refractivity contribution in [2.45, 2.75) is 19.1 Å². The number of carbonyl (C=O) groups excluding carboxylic acids is 3. The Kier molecular flexibility index (Phi) is 7.93. The highest BCUT2D eigenvalue weighted by molar-refractivity contribution is 6.70. The van der Waals surface area contributed by atoms with Gasteiger partial charge in [-0.1, -0.05) is 12.9 Å². The van der Waals surface area contributed by atoms with E-state index in [1.54, 1.807) is 12.9 Å². The maximum Gasteiger partial charge on any atom is 0.277 e. The van der Waals surface area contributed by atoms with Crippen LogP contribution in [0.5, 0.6) is 0 Å². The number of nitrogens with one attached hydrogen (secondary N) is 1. The van der Waals surface area contributed by atoms with Gasteiger partial charge >= 0.3 is 0 Å². The van der Waals surface area contributed by atoms with E-state index in [2.05, 4.69) is 11.9 Å². The first kappa shape index (κ1) is 16.9. The molecule has 0 bridgehead atoms. The van der Waals surface area contributed by atoms with E-state index in [1.807, 2.05) is 5.97 Å². The first-order valence-electron chi connectivity index (χ1n) is 5.93. The lowest BCUT2D eigenvalue weighted by atomic mass is 9.43. The number of nitriles is 1. The summed E-state index contributed by atoms with van der Waals surface area (Å²) in [6, 6.07) is 0. The lowest BCUT2D eigenvalue weighted by Crippen LogP contribution is -2.41. The fourth-order valence-corrected chi connectivity index (χ4v) is 1.45. The van der Waals surface area contributed by atoms with Gasteiger partial charge in [-0.15, -0.1) is 6.58 Å². The van der Waals surface area contributed by atoms with Crippen LogP contribution in [0.3, 0.4) is 0 Å². The van der Waals surface area contributed by atoms with Gasteiger partial charge in [0, 0.05) is 18.8 Å². The Labute approximate surface area is 113 Å². The second kappa shape index (κ2) is 8.92. The molecule has 0 aliphatic carbocycles. The van der Waals surface area contributed by atoms with E-state index in [4.69, 9.17) is 5.26 Å². The molecule has 6 nitrogen and oxygen atoms in total. The molecule has 2 amide bonds. The summed E-state index contributed by atoms with van der Waals surface area (Å²) in [7, 11) is 1.47. The Hall–Kier alpha value is -2.10. The van der Waals surface area contributed by atoms with Gasteiger partial charge in [-0.05, 0) is 6.42 Å². The number of rotatable bonds is 8. The summed E-state index contributed by atoms with van der Waals surface area (Å²) < 4.78 is 0. The highest BCUT2D eigenvalue weighted by Crippen LogP contribution is 2.15. The molecule has 19 heavy (non-hydrogen) atoms. The molecule has 0 aromatic rings. The minimum Gasteiger partial charge on any atom is -0.347 e. The third-order valence-corrected chi connectivity index (χ3v) is 2.75. The predicted octanol–water partition coefficient (Wildman–Crippen LogP) is -0.106. The van der Waals surface area contributed by atoms with Crippen LogP contribution in [-0.4, -0.2) is 49.9 Å². The second-order valence-corrected chi connectivity index (χ2v) is 4.21. The van der Waals surface area contributed by atoms with Gasteiger partial charge in [0.2, 0.25) is 11.8 Å². The number of hydrogen-bond acceptors (Lipinski definition) is 4. The molecule has 1 unspecified atom stereocenters. The molecule has 0 aliphatic rings. The summed E-state index contributed by atoms with van der Waals surface area (Å²) in [5.41, 5.74) is 0. The maximum absolute atomic E-state index is 11.9. The number of nitrogens with zero attached hydrogens (tertiary/aromatic N) is 2. The van der Waals surface area contributed by atoms with Crippen LogP contribution in [0, 0.1) is 11.2 Å². The Morgan fingerprint density at radius 1 is 1.58 bits per heavy atom. The zero-order valence-electron chi connectivity index (χ0n) is 11.3. The number of hydrogen-bond donors (Lipinski definition) is 1. The molecule has 0 radical (unpaired) electrons. The summed E-state index contributed by atoms with van der Waals surface area (Å²) in [5.74, 6) is 0.771. The average molecular weight is 263 g/mol. The van der Waals surface area contributed by atoms with Crippen molar-refractivity contribution in [3.05, 3.63) is 12.7 Å². The Morgan fingerprint density at radius 3 is 2.68 bits per heavy atom. The van der Waals surface area contributed by atoms with Crippen molar-refractivity contribution in [2.24, 2.45) is 0 Å². The molecule has 1 atom stereocenters. The molecule has 0 saturated carbocycles. The predicted molar refractivity (Wildman–Crippen MR) is 72.5 cm³/mol. The number of aldehydes is 1. The largest absolute Gasteiger partial charge is 0.347 e. The van der Waals surface area contributed by atoms with Gasteiger partial charge in [-0.25, -0.2) is 5.26 Å². The van der Waals surface area contributed by atoms with E-state index < -0.39 is 12.5 Å². The standard InChI is InChI=1S/C12H18BN3O3/c1-4-5-10(13(2)9-14)12(19)15-8-11(18)16(3)6-7-17/h4,7,10H,1,5-6,8H2,2-3H3,(H,15,19). The van der Waals surface area contributed by atoms with Crippen molar-refractivity contribution in [1.82, 2.24) is 10.2 Å². The van der Waals surface area contributed by atoms with Crippen molar-refractivity contribution < 1.29 is 14.4 Å². The molecule has 0 fully saturated rings. The van der Waals surface area contributed by atoms with Crippen LogP contribution in [0.1, 0.15) is 6.42 Å². The summed E-state index contributed by atoms with van der Waals surface area (Å²) in [6.07, 6.45) is 2.55. The second-order valence-electron chi connectivity index (χ2n) is 4.21. The van der Waals surface area contributed by atoms with E-state index >= 15 is 0 Å². The Bertz CT molecular complexity index is 392. The van der Waals surface area contributed by atoms with Crippen LogP contribution in [0.25, 0.3) is 0 Å². The SMILES string of the molecule is C=CCC(B(C)C#N)C(=O)NCC(=O)N(C)CC=O. The van der Waals surface area contributed by atoms with Crippen LogP contribution in [0.4, 0.5) is 0 Å². The summed E-state index contributed by atoms with van der Waals surface area (Å²) in [4.78, 5) is 34.9. The minimum atomic E-state index is -0.522. The van der Waals surface area contributed by atoms with Crippen LogP contribution >= 0.6 is 0 Å². The Balaban J connectivity index is 4.42. The molecule has 0 spiro atoms. The topological polar surface area (TPSA) is 90.3 Å². The molecule has 7 heteroatoms. The van der Waals surface area contributed by atoms with Crippen molar-refractivity contribution in [2.75, 3.05) is 20.1 Å². The quantitative estimate of drug-likeness (QED) is 0.376. The Morgan fingerprint density at radius 2 is 2.21 bits per heavy atom. The van der Waals surface area contributed by atoms with Crippen LogP contribution < -0.4 is 5.32 Å². The third kappa shape index (κ3) is 5.86. The van der Waals surface area contributed by atoms with Crippen molar-refractivity contribution in [1.29, 1.82) is 5.26 Å². The smallest absolute Gasteiger partial charge is 0.277 e. The number of allylic oxidation sites excluding steroid dienone is 1. The van der Waals surface area contributed by atoms with Crippen molar-refractivity contribution in [3.8, 4) is 5.97 Å². The van der Waals surface area contributed by atoms with E-state index in [9.17, 15) is 14.4 Å². The number of amides is 2. The van der Waals surface area contributed by atoms with Gasteiger partial charge in [0.25, 0.3) is 6.71 Å². The molecule has 0 aromatic heterocycles. The van der Waals surface area contributed by atoms with Gasteiger partial charge in [-0.2, -0.15) is 0 Å². The first-order valence-corrected chi connectivity index (χ1v) is 5.93. The molecule has 0 aromatic carbocycles. The van der Waals surface area contributed by atoms with E-state index in [-0.39, 0.29) is 24.9 Å².